The first-order chi connectivity index (χ1) is 20.3. The average molecular weight is 589 g/mol. The van der Waals surface area contributed by atoms with Gasteiger partial charge in [0, 0.05) is 42.3 Å². The van der Waals surface area contributed by atoms with Crippen LogP contribution >= 0.6 is 10.7 Å². The largest absolute Gasteiger partial charge is 0.490 e. The fraction of sp³-hybridized carbons (Fsp3) is 0.514. The lowest BCUT2D eigenvalue weighted by atomic mass is 9.64. The first kappa shape index (κ1) is 29.2. The summed E-state index contributed by atoms with van der Waals surface area (Å²) in [7, 11) is 1.09. The molecule has 1 fully saturated rings. The standard InChI is InChI=1S/C35H44N2O4S/c1-24-9-7-18-35(22-38,40-3)30-15-13-28(30)20-37-21-34(17-8-11-26-10-5-6-12-29(26)34)23-41-32-16-14-27(19-31(32)37)33(39)36-42(4)25(24)2/h5-7,10,12,14,16,18-19,22,24-25,28,30H,4,8-9,11,13,15,17,20-21,23H2,1-3H3,(H,36,39)/b18-7+/t24?,25?,28?,30?,34-,35-,42?/m0/s1. The van der Waals surface area contributed by atoms with E-state index >= 15 is 0 Å². The van der Waals surface area contributed by atoms with Gasteiger partial charge in [0.05, 0.1) is 12.3 Å². The molecular formula is C35H44N2O4S. The molecule has 6 nitrogen and oxygen atoms in total. The summed E-state index contributed by atoms with van der Waals surface area (Å²) < 4.78 is 15.9. The first-order valence-corrected chi connectivity index (χ1v) is 16.9. The highest BCUT2D eigenvalue weighted by molar-refractivity contribution is 8.13. The topological polar surface area (TPSA) is 67.9 Å². The van der Waals surface area contributed by atoms with E-state index in [1.165, 1.54) is 11.1 Å². The summed E-state index contributed by atoms with van der Waals surface area (Å²) in [5, 5.41) is 0.169. The third kappa shape index (κ3) is 5.13. The van der Waals surface area contributed by atoms with E-state index in [4.69, 9.17) is 9.47 Å². The Morgan fingerprint density at radius 3 is 2.79 bits per heavy atom. The van der Waals surface area contributed by atoms with E-state index in [2.05, 4.69) is 59.7 Å². The minimum absolute atomic E-state index is 0.0908. The zero-order valence-corrected chi connectivity index (χ0v) is 26.0. The van der Waals surface area contributed by atoms with Crippen LogP contribution in [0, 0.1) is 17.8 Å². The monoisotopic (exact) mass is 588 g/mol. The van der Waals surface area contributed by atoms with Gasteiger partial charge in [0.2, 0.25) is 0 Å². The molecule has 0 aromatic heterocycles. The second kappa shape index (κ2) is 11.6. The Morgan fingerprint density at radius 1 is 1.19 bits per heavy atom. The lowest BCUT2D eigenvalue weighted by Gasteiger charge is -2.48. The van der Waals surface area contributed by atoms with Crippen LogP contribution in [-0.2, 0) is 21.4 Å². The van der Waals surface area contributed by atoms with Crippen molar-refractivity contribution in [1.29, 1.82) is 0 Å². The van der Waals surface area contributed by atoms with Gasteiger partial charge in [0.25, 0.3) is 5.91 Å². The van der Waals surface area contributed by atoms with Gasteiger partial charge < -0.3 is 19.1 Å². The molecule has 2 bridgehead atoms. The number of carbonyl (C=O) groups excluding carboxylic acids is 2. The van der Waals surface area contributed by atoms with Crippen molar-refractivity contribution in [3.8, 4) is 5.75 Å². The van der Waals surface area contributed by atoms with Gasteiger partial charge in [-0.2, -0.15) is 0 Å². The minimum atomic E-state index is -0.939. The number of hydrogen-bond acceptors (Lipinski definition) is 5. The van der Waals surface area contributed by atoms with Gasteiger partial charge in [-0.05, 0) is 85.8 Å². The fourth-order valence-electron chi connectivity index (χ4n) is 7.62. The molecule has 7 atom stereocenters. The van der Waals surface area contributed by atoms with Gasteiger partial charge in [-0.25, -0.2) is 0 Å². The van der Waals surface area contributed by atoms with Gasteiger partial charge in [-0.1, -0.05) is 60.7 Å². The number of carbonyl (C=O) groups is 2. The van der Waals surface area contributed by atoms with Gasteiger partial charge in [-0.3, -0.25) is 9.59 Å². The van der Waals surface area contributed by atoms with Gasteiger partial charge in [-0.15, -0.1) is 0 Å². The van der Waals surface area contributed by atoms with Gasteiger partial charge in [0.15, 0.2) is 6.29 Å². The summed E-state index contributed by atoms with van der Waals surface area (Å²) in [6.45, 7) is 6.49. The van der Waals surface area contributed by atoms with Crippen molar-refractivity contribution in [3.63, 3.8) is 0 Å². The Morgan fingerprint density at radius 2 is 2.02 bits per heavy atom. The number of benzene rings is 2. The van der Waals surface area contributed by atoms with Crippen LogP contribution in [0.3, 0.4) is 0 Å². The Kier molecular flexibility index (Phi) is 8.09. The Balaban J connectivity index is 1.44. The van der Waals surface area contributed by atoms with Crippen LogP contribution in [0.25, 0.3) is 0 Å². The maximum atomic E-state index is 13.5. The SMILES string of the molecule is C=S1NC(=O)c2ccc3c(c2)N(CC2CCC2[C@](C=O)(OC)/C=C/CC(C)C1C)C[C@@]1(CCCc2ccccc21)CO3. The predicted molar refractivity (Wildman–Crippen MR) is 172 cm³/mol. The number of hydrogen-bond donors (Lipinski definition) is 1. The molecule has 1 amide bonds. The summed E-state index contributed by atoms with van der Waals surface area (Å²) in [4.78, 5) is 28.7. The third-order valence-corrected chi connectivity index (χ3v) is 12.4. The van der Waals surface area contributed by atoms with Crippen LogP contribution in [0.15, 0.2) is 54.6 Å². The Labute approximate surface area is 252 Å². The molecule has 1 saturated carbocycles. The molecule has 2 heterocycles. The normalized spacial score (nSPS) is 35.5. The molecule has 1 spiro atoms. The van der Waals surface area contributed by atoms with E-state index in [9.17, 15) is 9.59 Å². The molecular weight excluding hydrogens is 544 g/mol. The summed E-state index contributed by atoms with van der Waals surface area (Å²) in [6.07, 6.45) is 11.2. The van der Waals surface area contributed by atoms with E-state index in [1.54, 1.807) is 7.11 Å². The van der Waals surface area contributed by atoms with Crippen LogP contribution in [0.4, 0.5) is 5.69 Å². The van der Waals surface area contributed by atoms with Crippen LogP contribution in [0.1, 0.15) is 67.4 Å². The van der Waals surface area contributed by atoms with Crippen molar-refractivity contribution in [3.05, 3.63) is 71.3 Å². The molecule has 6 rings (SSSR count). The van der Waals surface area contributed by atoms with Crippen molar-refractivity contribution in [2.75, 3.05) is 31.7 Å². The van der Waals surface area contributed by atoms with Crippen LogP contribution < -0.4 is 14.4 Å². The maximum Gasteiger partial charge on any atom is 0.260 e. The predicted octanol–water partition coefficient (Wildman–Crippen LogP) is 6.10. The number of aryl methyl sites for hydroxylation is 1. The highest BCUT2D eigenvalue weighted by atomic mass is 32.2. The number of nitrogens with one attached hydrogen (secondary N) is 1. The minimum Gasteiger partial charge on any atom is -0.490 e. The van der Waals surface area contributed by atoms with E-state index in [-0.39, 0.29) is 34.3 Å². The molecule has 2 aliphatic heterocycles. The van der Waals surface area contributed by atoms with Crippen LogP contribution in [0.2, 0.25) is 0 Å². The molecule has 2 aromatic carbocycles. The van der Waals surface area contributed by atoms with Crippen molar-refractivity contribution in [1.82, 2.24) is 4.72 Å². The van der Waals surface area contributed by atoms with Crippen LogP contribution in [0.5, 0.6) is 5.75 Å². The smallest absolute Gasteiger partial charge is 0.260 e. The molecule has 42 heavy (non-hydrogen) atoms. The maximum absolute atomic E-state index is 13.5. The summed E-state index contributed by atoms with van der Waals surface area (Å²) in [6, 6.07) is 14.7. The Bertz CT molecular complexity index is 1410. The van der Waals surface area contributed by atoms with Crippen molar-refractivity contribution >= 4 is 34.4 Å². The van der Waals surface area contributed by atoms with E-state index in [0.29, 0.717) is 12.2 Å². The van der Waals surface area contributed by atoms with E-state index in [0.717, 1.165) is 69.3 Å². The molecule has 2 aromatic rings. The molecule has 1 N–H and O–H groups in total. The number of nitrogens with zero attached hydrogens (tertiary/aromatic N) is 1. The third-order valence-electron chi connectivity index (χ3n) is 10.6. The number of aldehydes is 1. The fourth-order valence-corrected chi connectivity index (χ4v) is 8.83. The lowest BCUT2D eigenvalue weighted by Crippen LogP contribution is -2.53. The number of rotatable bonds is 2. The average Bonchev–Trinajstić information content (AvgIpc) is 3.14. The number of methoxy groups -OCH3 is 1. The first-order valence-electron chi connectivity index (χ1n) is 15.4. The number of anilines is 1. The van der Waals surface area contributed by atoms with E-state index in [1.807, 2.05) is 24.3 Å². The molecule has 5 unspecified atom stereocenters. The molecule has 224 valence electrons. The van der Waals surface area contributed by atoms with E-state index < -0.39 is 16.3 Å². The zero-order chi connectivity index (χ0) is 29.5. The van der Waals surface area contributed by atoms with Gasteiger partial charge >= 0.3 is 0 Å². The zero-order valence-electron chi connectivity index (χ0n) is 25.1. The molecule has 4 aliphatic rings. The van der Waals surface area contributed by atoms with Crippen molar-refractivity contribution in [2.45, 2.75) is 68.6 Å². The lowest BCUT2D eigenvalue weighted by molar-refractivity contribution is -0.135. The molecule has 0 radical (unpaired) electrons. The second-order valence-electron chi connectivity index (χ2n) is 12.9. The Hall–Kier alpha value is -2.90. The highest BCUT2D eigenvalue weighted by Gasteiger charge is 2.49. The summed E-state index contributed by atoms with van der Waals surface area (Å²) in [5.41, 5.74) is 3.28. The molecule has 2 aliphatic carbocycles. The quantitative estimate of drug-likeness (QED) is 0.261. The number of ether oxygens (including phenoxy) is 2. The molecule has 7 heteroatoms. The number of fused-ring (bicyclic) bond motifs is 4. The second-order valence-corrected chi connectivity index (χ2v) is 14.7. The summed E-state index contributed by atoms with van der Waals surface area (Å²) in [5.74, 6) is 5.68. The van der Waals surface area contributed by atoms with Crippen LogP contribution in [-0.4, -0.2) is 55.7 Å². The number of amides is 1. The highest BCUT2D eigenvalue weighted by Crippen LogP contribution is 2.48. The van der Waals surface area contributed by atoms with Crippen molar-refractivity contribution < 1.29 is 19.1 Å². The number of allylic oxidation sites excluding steroid dienone is 1. The summed E-state index contributed by atoms with van der Waals surface area (Å²) >= 11 is 0. The van der Waals surface area contributed by atoms with Crippen molar-refractivity contribution in [2.24, 2.45) is 17.8 Å². The van der Waals surface area contributed by atoms with Gasteiger partial charge in [0.1, 0.15) is 11.4 Å². The molecule has 0 saturated heterocycles.